The van der Waals surface area contributed by atoms with Gasteiger partial charge in [-0.3, -0.25) is 0 Å². The van der Waals surface area contributed by atoms with Gasteiger partial charge in [0.2, 0.25) is 0 Å². The molecule has 20 heavy (non-hydrogen) atoms. The Hall–Kier alpha value is -1.37. The average Bonchev–Trinajstić information content (AvgIpc) is 2.92. The molecule has 2 rings (SSSR count). The minimum absolute atomic E-state index is 0.00678. The summed E-state index contributed by atoms with van der Waals surface area (Å²) in [5.41, 5.74) is 0. The van der Waals surface area contributed by atoms with Gasteiger partial charge in [-0.05, 0) is 35.7 Å². The minimum atomic E-state index is -3.37. The van der Waals surface area contributed by atoms with Crippen molar-refractivity contribution in [2.24, 2.45) is 5.16 Å². The second-order valence-corrected chi connectivity index (χ2v) is 7.38. The summed E-state index contributed by atoms with van der Waals surface area (Å²) in [5.74, 6) is -0.129. The smallest absolute Gasteiger partial charge is 0.181 e. The molecule has 0 amide bonds. The van der Waals surface area contributed by atoms with Crippen LogP contribution in [0.1, 0.15) is 4.88 Å². The molecular formula is C13H12ClNO3S2. The lowest BCUT2D eigenvalue weighted by Crippen LogP contribution is -2.11. The lowest BCUT2D eigenvalue weighted by atomic mass is 10.4. The highest BCUT2D eigenvalue weighted by molar-refractivity contribution is 7.91. The van der Waals surface area contributed by atoms with Gasteiger partial charge in [-0.2, -0.15) is 0 Å². The monoisotopic (exact) mass is 329 g/mol. The van der Waals surface area contributed by atoms with E-state index in [1.807, 2.05) is 17.5 Å². The third-order valence-corrected chi connectivity index (χ3v) is 5.17. The maximum absolute atomic E-state index is 12.0. The SMILES string of the molecule is O=S(=O)(CCON=Cc1cccs1)c1ccc(Cl)cc1. The van der Waals surface area contributed by atoms with Gasteiger partial charge in [-0.15, -0.1) is 11.3 Å². The van der Waals surface area contributed by atoms with Crippen molar-refractivity contribution in [3.8, 4) is 0 Å². The second kappa shape index (κ2) is 6.88. The second-order valence-electron chi connectivity index (χ2n) is 3.86. The van der Waals surface area contributed by atoms with Gasteiger partial charge in [0, 0.05) is 9.90 Å². The van der Waals surface area contributed by atoms with Crippen LogP contribution in [-0.2, 0) is 14.7 Å². The van der Waals surface area contributed by atoms with Crippen molar-refractivity contribution in [2.45, 2.75) is 4.90 Å². The molecule has 0 spiro atoms. The fourth-order valence-electron chi connectivity index (χ4n) is 1.41. The summed E-state index contributed by atoms with van der Waals surface area (Å²) in [6.07, 6.45) is 1.56. The first-order chi connectivity index (χ1) is 9.58. The van der Waals surface area contributed by atoms with E-state index in [-0.39, 0.29) is 17.3 Å². The van der Waals surface area contributed by atoms with E-state index in [1.165, 1.54) is 23.5 Å². The van der Waals surface area contributed by atoms with Crippen LogP contribution >= 0.6 is 22.9 Å². The van der Waals surface area contributed by atoms with E-state index < -0.39 is 9.84 Å². The Kier molecular flexibility index (Phi) is 5.17. The van der Waals surface area contributed by atoms with Crippen LogP contribution in [0.4, 0.5) is 0 Å². The molecule has 0 aliphatic rings. The van der Waals surface area contributed by atoms with E-state index in [2.05, 4.69) is 5.16 Å². The Morgan fingerprint density at radius 2 is 2.00 bits per heavy atom. The largest absolute Gasteiger partial charge is 0.395 e. The summed E-state index contributed by atoms with van der Waals surface area (Å²) in [5, 5.41) is 6.15. The van der Waals surface area contributed by atoms with Gasteiger partial charge in [0.05, 0.1) is 16.9 Å². The number of oxime groups is 1. The van der Waals surface area contributed by atoms with Crippen LogP contribution < -0.4 is 0 Å². The number of hydrogen-bond acceptors (Lipinski definition) is 5. The zero-order valence-electron chi connectivity index (χ0n) is 10.4. The van der Waals surface area contributed by atoms with E-state index in [4.69, 9.17) is 16.4 Å². The standard InChI is InChI=1S/C13H12ClNO3S2/c14-11-3-5-13(6-4-11)20(16,17)9-7-18-15-10-12-2-1-8-19-12/h1-6,8,10H,7,9H2. The molecule has 1 heterocycles. The van der Waals surface area contributed by atoms with E-state index >= 15 is 0 Å². The fourth-order valence-corrected chi connectivity index (χ4v) is 3.20. The van der Waals surface area contributed by atoms with Crippen LogP contribution in [0.25, 0.3) is 0 Å². The van der Waals surface area contributed by atoms with Crippen molar-refractivity contribution in [1.82, 2.24) is 0 Å². The zero-order chi connectivity index (χ0) is 14.4. The third-order valence-electron chi connectivity index (χ3n) is 2.41. The highest BCUT2D eigenvalue weighted by atomic mass is 35.5. The van der Waals surface area contributed by atoms with Crippen LogP contribution in [0.15, 0.2) is 51.8 Å². The van der Waals surface area contributed by atoms with E-state index in [0.717, 1.165) is 4.88 Å². The van der Waals surface area contributed by atoms with Crippen molar-refractivity contribution in [3.63, 3.8) is 0 Å². The molecule has 0 bridgehead atoms. The van der Waals surface area contributed by atoms with Crippen LogP contribution in [0.2, 0.25) is 5.02 Å². The topological polar surface area (TPSA) is 55.7 Å². The number of nitrogens with zero attached hydrogens (tertiary/aromatic N) is 1. The van der Waals surface area contributed by atoms with Gasteiger partial charge in [-0.1, -0.05) is 22.8 Å². The molecule has 0 aliphatic carbocycles. The molecular weight excluding hydrogens is 318 g/mol. The molecule has 0 unspecified atom stereocenters. The quantitative estimate of drug-likeness (QED) is 0.464. The maximum Gasteiger partial charge on any atom is 0.181 e. The Morgan fingerprint density at radius 1 is 1.25 bits per heavy atom. The van der Waals surface area contributed by atoms with Gasteiger partial charge in [0.25, 0.3) is 0 Å². The van der Waals surface area contributed by atoms with Crippen molar-refractivity contribution < 1.29 is 13.3 Å². The van der Waals surface area contributed by atoms with E-state index in [1.54, 1.807) is 18.3 Å². The molecule has 106 valence electrons. The first-order valence-electron chi connectivity index (χ1n) is 5.75. The minimum Gasteiger partial charge on any atom is -0.395 e. The number of halogens is 1. The summed E-state index contributed by atoms with van der Waals surface area (Å²) in [6.45, 7) is 0.00678. The predicted octanol–water partition coefficient (Wildman–Crippen LogP) is 3.23. The lowest BCUT2D eigenvalue weighted by Gasteiger charge is -2.03. The molecule has 4 nitrogen and oxygen atoms in total. The van der Waals surface area contributed by atoms with E-state index in [9.17, 15) is 8.42 Å². The first kappa shape index (κ1) is 15.0. The molecule has 2 aromatic rings. The Labute approximate surface area is 126 Å². The number of sulfone groups is 1. The van der Waals surface area contributed by atoms with Crippen molar-refractivity contribution in [3.05, 3.63) is 51.7 Å². The van der Waals surface area contributed by atoms with Gasteiger partial charge in [0.15, 0.2) is 9.84 Å². The predicted molar refractivity (Wildman–Crippen MR) is 81.4 cm³/mol. The van der Waals surface area contributed by atoms with Crippen molar-refractivity contribution in [2.75, 3.05) is 12.4 Å². The maximum atomic E-state index is 12.0. The van der Waals surface area contributed by atoms with Crippen LogP contribution in [0.3, 0.4) is 0 Å². The van der Waals surface area contributed by atoms with Crippen LogP contribution in [0, 0.1) is 0 Å². The highest BCUT2D eigenvalue weighted by Gasteiger charge is 2.14. The Bertz CT molecular complexity index is 664. The molecule has 0 aliphatic heterocycles. The molecule has 0 atom stereocenters. The Morgan fingerprint density at radius 3 is 2.65 bits per heavy atom. The normalized spacial score (nSPS) is 11.8. The summed E-state index contributed by atoms with van der Waals surface area (Å²) in [4.78, 5) is 6.14. The number of hydrogen-bond donors (Lipinski definition) is 0. The highest BCUT2D eigenvalue weighted by Crippen LogP contribution is 2.15. The molecule has 0 saturated heterocycles. The van der Waals surface area contributed by atoms with Gasteiger partial charge >= 0.3 is 0 Å². The van der Waals surface area contributed by atoms with E-state index in [0.29, 0.717) is 5.02 Å². The number of rotatable bonds is 6. The summed E-state index contributed by atoms with van der Waals surface area (Å²) in [7, 11) is -3.37. The fraction of sp³-hybridized carbons (Fsp3) is 0.154. The molecule has 0 N–H and O–H groups in total. The molecule has 1 aromatic carbocycles. The molecule has 0 saturated carbocycles. The van der Waals surface area contributed by atoms with Crippen LogP contribution in [-0.4, -0.2) is 27.0 Å². The molecule has 1 aromatic heterocycles. The van der Waals surface area contributed by atoms with Gasteiger partial charge in [0.1, 0.15) is 6.61 Å². The van der Waals surface area contributed by atoms with Crippen LogP contribution in [0.5, 0.6) is 0 Å². The summed E-state index contributed by atoms with van der Waals surface area (Å²) < 4.78 is 23.9. The zero-order valence-corrected chi connectivity index (χ0v) is 12.8. The van der Waals surface area contributed by atoms with Crippen molar-refractivity contribution in [1.29, 1.82) is 0 Å². The molecule has 0 fully saturated rings. The van der Waals surface area contributed by atoms with Gasteiger partial charge in [-0.25, -0.2) is 8.42 Å². The average molecular weight is 330 g/mol. The number of benzene rings is 1. The van der Waals surface area contributed by atoms with Gasteiger partial charge < -0.3 is 4.84 Å². The molecule has 0 radical (unpaired) electrons. The molecule has 7 heteroatoms. The third kappa shape index (κ3) is 4.33. The Balaban J connectivity index is 1.85. The summed E-state index contributed by atoms with van der Waals surface area (Å²) in [6, 6.07) is 9.84. The number of thiophene rings is 1. The van der Waals surface area contributed by atoms with Crippen molar-refractivity contribution >= 4 is 39.0 Å². The first-order valence-corrected chi connectivity index (χ1v) is 8.66. The lowest BCUT2D eigenvalue weighted by molar-refractivity contribution is 0.162. The summed E-state index contributed by atoms with van der Waals surface area (Å²) >= 11 is 7.24.